The molecular formula is C15H22N2O4. The van der Waals surface area contributed by atoms with Gasteiger partial charge in [-0.05, 0) is 19.3 Å². The van der Waals surface area contributed by atoms with Crippen LogP contribution in [0.3, 0.4) is 0 Å². The highest BCUT2D eigenvalue weighted by molar-refractivity contribution is 5.92. The van der Waals surface area contributed by atoms with Gasteiger partial charge in [0.15, 0.2) is 5.69 Å². The van der Waals surface area contributed by atoms with E-state index in [1.165, 1.54) is 0 Å². The third-order valence-electron chi connectivity index (χ3n) is 4.13. The maximum Gasteiger partial charge on any atom is 0.276 e. The molecule has 0 saturated carbocycles. The number of nitrogens with zero attached hydrogens (tertiary/aromatic N) is 2. The quantitative estimate of drug-likeness (QED) is 0.845. The molecule has 2 aliphatic heterocycles. The fourth-order valence-electron chi connectivity index (χ4n) is 2.83. The minimum atomic E-state index is -0.0406. The molecule has 0 N–H and O–H groups in total. The van der Waals surface area contributed by atoms with E-state index in [9.17, 15) is 4.79 Å². The molecule has 2 fully saturated rings. The first-order valence-corrected chi connectivity index (χ1v) is 7.74. The minimum absolute atomic E-state index is 0.0406. The summed E-state index contributed by atoms with van der Waals surface area (Å²) in [5.41, 5.74) is 0.412. The molecule has 3 rings (SSSR count). The van der Waals surface area contributed by atoms with Crippen molar-refractivity contribution in [2.24, 2.45) is 0 Å². The number of piperidine rings is 1. The summed E-state index contributed by atoms with van der Waals surface area (Å²) in [5.74, 6) is 0.707. The maximum absolute atomic E-state index is 12.3. The Labute approximate surface area is 124 Å². The van der Waals surface area contributed by atoms with E-state index in [0.29, 0.717) is 25.4 Å². The first-order chi connectivity index (χ1) is 10.3. The molecule has 1 aromatic rings. The number of carbonyl (C=O) groups excluding carboxylic acids is 1. The zero-order chi connectivity index (χ0) is 14.7. The summed E-state index contributed by atoms with van der Waals surface area (Å²) in [7, 11) is 0. The molecular weight excluding hydrogens is 272 g/mol. The lowest BCUT2D eigenvalue weighted by atomic mass is 10.1. The van der Waals surface area contributed by atoms with Crippen LogP contribution in [-0.2, 0) is 15.9 Å². The fraction of sp³-hybridized carbons (Fsp3) is 0.733. The smallest absolute Gasteiger partial charge is 0.276 e. The van der Waals surface area contributed by atoms with Crippen molar-refractivity contribution >= 4 is 5.91 Å². The number of hydrogen-bond donors (Lipinski definition) is 0. The second-order valence-corrected chi connectivity index (χ2v) is 5.65. The number of hydrogen-bond acceptors (Lipinski definition) is 5. The van der Waals surface area contributed by atoms with E-state index in [4.69, 9.17) is 14.0 Å². The zero-order valence-electron chi connectivity index (χ0n) is 12.4. The topological polar surface area (TPSA) is 64.8 Å². The predicted molar refractivity (Wildman–Crippen MR) is 75.1 cm³/mol. The van der Waals surface area contributed by atoms with Crippen molar-refractivity contribution < 1.29 is 18.8 Å². The van der Waals surface area contributed by atoms with Gasteiger partial charge < -0.3 is 18.9 Å². The van der Waals surface area contributed by atoms with Gasteiger partial charge >= 0.3 is 0 Å². The standard InChI is InChI=1S/C15H22N2O4/c1-2-11-9-14(16-21-11)15(18)17-6-3-12(4-7-17)20-13-5-8-19-10-13/h9,12-13H,2-8,10H2,1H3. The second-order valence-electron chi connectivity index (χ2n) is 5.65. The van der Waals surface area contributed by atoms with Gasteiger partial charge in [0.25, 0.3) is 5.91 Å². The van der Waals surface area contributed by atoms with E-state index in [1.54, 1.807) is 6.07 Å². The summed E-state index contributed by atoms with van der Waals surface area (Å²) in [6, 6.07) is 1.74. The number of carbonyl (C=O) groups is 1. The third kappa shape index (κ3) is 3.44. The molecule has 3 heterocycles. The molecule has 0 aliphatic carbocycles. The number of aromatic nitrogens is 1. The highest BCUT2D eigenvalue weighted by Crippen LogP contribution is 2.20. The normalized spacial score (nSPS) is 23.7. The van der Waals surface area contributed by atoms with E-state index in [1.807, 2.05) is 11.8 Å². The molecule has 1 amide bonds. The zero-order valence-corrected chi connectivity index (χ0v) is 12.4. The minimum Gasteiger partial charge on any atom is -0.379 e. The molecule has 0 aromatic carbocycles. The third-order valence-corrected chi connectivity index (χ3v) is 4.13. The van der Waals surface area contributed by atoms with Gasteiger partial charge in [0.1, 0.15) is 5.76 Å². The van der Waals surface area contributed by atoms with Crippen LogP contribution in [0.4, 0.5) is 0 Å². The van der Waals surface area contributed by atoms with Gasteiger partial charge in [-0.3, -0.25) is 4.79 Å². The summed E-state index contributed by atoms with van der Waals surface area (Å²) in [6.07, 6.45) is 3.96. The number of aryl methyl sites for hydroxylation is 1. The predicted octanol–water partition coefficient (Wildman–Crippen LogP) is 1.65. The van der Waals surface area contributed by atoms with Gasteiger partial charge in [0.05, 0.1) is 18.8 Å². The van der Waals surface area contributed by atoms with Crippen molar-refractivity contribution in [3.8, 4) is 0 Å². The van der Waals surface area contributed by atoms with Crippen molar-refractivity contribution in [2.45, 2.75) is 44.8 Å². The molecule has 0 radical (unpaired) electrons. The van der Waals surface area contributed by atoms with Crippen molar-refractivity contribution in [3.05, 3.63) is 17.5 Å². The molecule has 0 bridgehead atoms. The Morgan fingerprint density at radius 3 is 2.81 bits per heavy atom. The van der Waals surface area contributed by atoms with E-state index in [0.717, 1.165) is 38.1 Å². The molecule has 116 valence electrons. The Kier molecular flexibility index (Phi) is 4.55. The average molecular weight is 294 g/mol. The van der Waals surface area contributed by atoms with Crippen LogP contribution in [0.15, 0.2) is 10.6 Å². The van der Waals surface area contributed by atoms with Crippen LogP contribution in [-0.4, -0.2) is 54.5 Å². The van der Waals surface area contributed by atoms with E-state index < -0.39 is 0 Å². The first kappa shape index (κ1) is 14.5. The van der Waals surface area contributed by atoms with Crippen LogP contribution < -0.4 is 0 Å². The monoisotopic (exact) mass is 294 g/mol. The molecule has 6 nitrogen and oxygen atoms in total. The Morgan fingerprint density at radius 2 is 2.19 bits per heavy atom. The molecule has 1 unspecified atom stereocenters. The number of likely N-dealkylation sites (tertiary alicyclic amines) is 1. The Bertz CT molecular complexity index is 474. The number of rotatable bonds is 4. The Balaban J connectivity index is 1.49. The lowest BCUT2D eigenvalue weighted by molar-refractivity contribution is -0.0409. The van der Waals surface area contributed by atoms with Crippen LogP contribution >= 0.6 is 0 Å². The van der Waals surface area contributed by atoms with Gasteiger partial charge in [-0.1, -0.05) is 12.1 Å². The van der Waals surface area contributed by atoms with Gasteiger partial charge in [-0.15, -0.1) is 0 Å². The van der Waals surface area contributed by atoms with Crippen molar-refractivity contribution in [1.29, 1.82) is 0 Å². The fourth-order valence-corrected chi connectivity index (χ4v) is 2.83. The molecule has 21 heavy (non-hydrogen) atoms. The molecule has 1 aromatic heterocycles. The number of amides is 1. The maximum atomic E-state index is 12.3. The van der Waals surface area contributed by atoms with Gasteiger partial charge in [-0.2, -0.15) is 0 Å². The summed E-state index contributed by atoms with van der Waals surface area (Å²) in [5, 5.41) is 3.85. The molecule has 2 aliphatic rings. The highest BCUT2D eigenvalue weighted by atomic mass is 16.5. The van der Waals surface area contributed by atoms with Gasteiger partial charge in [0.2, 0.25) is 0 Å². The molecule has 1 atom stereocenters. The van der Waals surface area contributed by atoms with E-state index in [2.05, 4.69) is 5.16 Å². The summed E-state index contributed by atoms with van der Waals surface area (Å²) >= 11 is 0. The summed E-state index contributed by atoms with van der Waals surface area (Å²) < 4.78 is 16.4. The lowest BCUT2D eigenvalue weighted by Gasteiger charge is -2.32. The van der Waals surface area contributed by atoms with Crippen molar-refractivity contribution in [3.63, 3.8) is 0 Å². The van der Waals surface area contributed by atoms with E-state index in [-0.39, 0.29) is 18.1 Å². The van der Waals surface area contributed by atoms with Gasteiger partial charge in [0, 0.05) is 32.2 Å². The molecule has 6 heteroatoms. The average Bonchev–Trinajstić information content (AvgIpc) is 3.18. The SMILES string of the molecule is CCc1cc(C(=O)N2CCC(OC3CCOC3)CC2)no1. The van der Waals surface area contributed by atoms with Crippen LogP contribution in [0.1, 0.15) is 42.4 Å². The Hall–Kier alpha value is -1.40. The second kappa shape index (κ2) is 6.58. The highest BCUT2D eigenvalue weighted by Gasteiger charge is 2.28. The summed E-state index contributed by atoms with van der Waals surface area (Å²) in [6.45, 7) is 4.91. The van der Waals surface area contributed by atoms with Crippen LogP contribution in [0, 0.1) is 0 Å². The lowest BCUT2D eigenvalue weighted by Crippen LogP contribution is -2.42. The van der Waals surface area contributed by atoms with Crippen molar-refractivity contribution in [2.75, 3.05) is 26.3 Å². The molecule has 0 spiro atoms. The van der Waals surface area contributed by atoms with Crippen LogP contribution in [0.25, 0.3) is 0 Å². The number of ether oxygens (including phenoxy) is 2. The van der Waals surface area contributed by atoms with Crippen LogP contribution in [0.2, 0.25) is 0 Å². The van der Waals surface area contributed by atoms with Gasteiger partial charge in [-0.25, -0.2) is 0 Å². The van der Waals surface area contributed by atoms with Crippen LogP contribution in [0.5, 0.6) is 0 Å². The first-order valence-electron chi connectivity index (χ1n) is 7.74. The Morgan fingerprint density at radius 1 is 1.38 bits per heavy atom. The summed E-state index contributed by atoms with van der Waals surface area (Å²) in [4.78, 5) is 14.2. The van der Waals surface area contributed by atoms with Crippen molar-refractivity contribution in [1.82, 2.24) is 10.1 Å². The molecule has 2 saturated heterocycles. The van der Waals surface area contributed by atoms with E-state index >= 15 is 0 Å². The largest absolute Gasteiger partial charge is 0.379 e.